The monoisotopic (exact) mass is 338 g/mol. The van der Waals surface area contributed by atoms with E-state index in [1.54, 1.807) is 18.2 Å². The van der Waals surface area contributed by atoms with Crippen LogP contribution >= 0.6 is 0 Å². The maximum absolute atomic E-state index is 13.4. The van der Waals surface area contributed by atoms with Crippen molar-refractivity contribution in [2.24, 2.45) is 0 Å². The van der Waals surface area contributed by atoms with E-state index in [1.807, 2.05) is 6.92 Å². The molecule has 0 aromatic heterocycles. The Hall–Kier alpha value is -2.12. The van der Waals surface area contributed by atoms with Gasteiger partial charge in [0.25, 0.3) is 0 Å². The Morgan fingerprint density at radius 3 is 2.35 bits per heavy atom. The van der Waals surface area contributed by atoms with E-state index in [4.69, 9.17) is 4.74 Å². The molecule has 0 heterocycles. The van der Waals surface area contributed by atoms with Crippen molar-refractivity contribution in [3.8, 4) is 5.75 Å². The fourth-order valence-electron chi connectivity index (χ4n) is 2.16. The summed E-state index contributed by atoms with van der Waals surface area (Å²) in [5, 5.41) is 3.16. The molecular formula is C16H19FN2O3S. The van der Waals surface area contributed by atoms with Crippen LogP contribution in [0.2, 0.25) is 0 Å². The van der Waals surface area contributed by atoms with Crippen molar-refractivity contribution in [1.82, 2.24) is 4.72 Å². The van der Waals surface area contributed by atoms with Crippen molar-refractivity contribution < 1.29 is 17.5 Å². The van der Waals surface area contributed by atoms with Crippen molar-refractivity contribution in [1.29, 1.82) is 0 Å². The zero-order chi connectivity index (χ0) is 17.0. The van der Waals surface area contributed by atoms with Gasteiger partial charge in [-0.2, -0.15) is 0 Å². The van der Waals surface area contributed by atoms with E-state index >= 15 is 0 Å². The summed E-state index contributed by atoms with van der Waals surface area (Å²) in [6.07, 6.45) is 0. The minimum absolute atomic E-state index is 0.156. The zero-order valence-corrected chi connectivity index (χ0v) is 13.9. The molecule has 0 unspecified atom stereocenters. The maximum Gasteiger partial charge on any atom is 0.240 e. The maximum atomic E-state index is 13.4. The third kappa shape index (κ3) is 4.00. The first-order valence-corrected chi connectivity index (χ1v) is 8.49. The number of hydrogen-bond donors (Lipinski definition) is 2. The number of anilines is 1. The number of ether oxygens (including phenoxy) is 1. The molecular weight excluding hydrogens is 319 g/mol. The predicted octanol–water partition coefficient (Wildman–Crippen LogP) is 2.92. The average Bonchev–Trinajstić information content (AvgIpc) is 2.55. The van der Waals surface area contributed by atoms with E-state index in [1.165, 1.54) is 38.4 Å². The lowest BCUT2D eigenvalue weighted by atomic mass is 10.1. The highest BCUT2D eigenvalue weighted by molar-refractivity contribution is 7.89. The Balaban J connectivity index is 2.21. The minimum Gasteiger partial charge on any atom is -0.495 e. The van der Waals surface area contributed by atoms with Crippen LogP contribution < -0.4 is 14.8 Å². The van der Waals surface area contributed by atoms with Crippen LogP contribution in [0.15, 0.2) is 47.4 Å². The summed E-state index contributed by atoms with van der Waals surface area (Å²) < 4.78 is 44.3. The fourth-order valence-corrected chi connectivity index (χ4v) is 2.89. The number of rotatable bonds is 6. The Labute approximate surface area is 135 Å². The number of sulfonamides is 1. The van der Waals surface area contributed by atoms with E-state index in [-0.39, 0.29) is 16.8 Å². The first kappa shape index (κ1) is 17.2. The van der Waals surface area contributed by atoms with Gasteiger partial charge in [-0.25, -0.2) is 17.5 Å². The third-order valence-electron chi connectivity index (χ3n) is 3.49. The number of benzene rings is 2. The minimum atomic E-state index is -3.46. The van der Waals surface area contributed by atoms with Crippen LogP contribution in [0.5, 0.6) is 5.75 Å². The molecule has 0 fully saturated rings. The first-order valence-electron chi connectivity index (χ1n) is 7.01. The normalized spacial score (nSPS) is 12.7. The molecule has 0 amide bonds. The lowest BCUT2D eigenvalue weighted by molar-refractivity contribution is 0.415. The summed E-state index contributed by atoms with van der Waals surface area (Å²) in [5.41, 5.74) is 1.40. The van der Waals surface area contributed by atoms with E-state index < -0.39 is 10.0 Å². The van der Waals surface area contributed by atoms with E-state index in [0.717, 1.165) is 5.56 Å². The summed E-state index contributed by atoms with van der Waals surface area (Å²) in [6, 6.07) is 10.6. The summed E-state index contributed by atoms with van der Waals surface area (Å²) in [7, 11) is -0.577. The second kappa shape index (κ2) is 6.97. The zero-order valence-electron chi connectivity index (χ0n) is 13.1. The van der Waals surface area contributed by atoms with Gasteiger partial charge >= 0.3 is 0 Å². The van der Waals surface area contributed by atoms with Gasteiger partial charge in [-0.3, -0.25) is 0 Å². The molecule has 0 spiro atoms. The predicted molar refractivity (Wildman–Crippen MR) is 87.7 cm³/mol. The van der Waals surface area contributed by atoms with Gasteiger partial charge in [0, 0.05) is 12.1 Å². The van der Waals surface area contributed by atoms with Crippen LogP contribution in [0.25, 0.3) is 0 Å². The molecule has 0 radical (unpaired) electrons. The van der Waals surface area contributed by atoms with Gasteiger partial charge < -0.3 is 10.1 Å². The number of methoxy groups -OCH3 is 1. The molecule has 2 rings (SSSR count). The molecule has 0 aliphatic heterocycles. The van der Waals surface area contributed by atoms with Crippen molar-refractivity contribution in [3.05, 3.63) is 53.8 Å². The van der Waals surface area contributed by atoms with Crippen LogP contribution in [-0.4, -0.2) is 22.6 Å². The standard InChI is InChI=1S/C16H19FN2O3S/c1-11(19-15-10-13(17)6-9-16(15)22-3)12-4-7-14(8-5-12)23(20,21)18-2/h4-11,18-19H,1-3H3/t11-/m0/s1. The average molecular weight is 338 g/mol. The quantitative estimate of drug-likeness (QED) is 0.850. The molecule has 2 aromatic rings. The second-order valence-corrected chi connectivity index (χ2v) is 6.87. The summed E-state index contributed by atoms with van der Waals surface area (Å²) in [6.45, 7) is 1.89. The van der Waals surface area contributed by atoms with Crippen molar-refractivity contribution in [2.75, 3.05) is 19.5 Å². The molecule has 0 saturated heterocycles. The molecule has 5 nitrogen and oxygen atoms in total. The lowest BCUT2D eigenvalue weighted by Crippen LogP contribution is -2.18. The number of halogens is 1. The van der Waals surface area contributed by atoms with Gasteiger partial charge in [0.1, 0.15) is 11.6 Å². The first-order chi connectivity index (χ1) is 10.9. The lowest BCUT2D eigenvalue weighted by Gasteiger charge is -2.18. The highest BCUT2D eigenvalue weighted by Gasteiger charge is 2.13. The number of nitrogens with one attached hydrogen (secondary N) is 2. The SMILES string of the molecule is CNS(=O)(=O)c1ccc([C@H](C)Nc2cc(F)ccc2OC)cc1. The van der Waals surface area contributed by atoms with Crippen LogP contribution in [0.3, 0.4) is 0 Å². The van der Waals surface area contributed by atoms with E-state index in [9.17, 15) is 12.8 Å². The van der Waals surface area contributed by atoms with Crippen molar-refractivity contribution >= 4 is 15.7 Å². The molecule has 23 heavy (non-hydrogen) atoms. The van der Waals surface area contributed by atoms with Gasteiger partial charge in [-0.1, -0.05) is 12.1 Å². The highest BCUT2D eigenvalue weighted by Crippen LogP contribution is 2.29. The Morgan fingerprint density at radius 2 is 1.78 bits per heavy atom. The Morgan fingerprint density at radius 1 is 1.13 bits per heavy atom. The fraction of sp³-hybridized carbons (Fsp3) is 0.250. The van der Waals surface area contributed by atoms with E-state index in [0.29, 0.717) is 11.4 Å². The van der Waals surface area contributed by atoms with Crippen molar-refractivity contribution in [3.63, 3.8) is 0 Å². The van der Waals surface area contributed by atoms with Gasteiger partial charge in [0.05, 0.1) is 17.7 Å². The van der Waals surface area contributed by atoms with Crippen LogP contribution in [0.4, 0.5) is 10.1 Å². The molecule has 0 saturated carbocycles. The van der Waals surface area contributed by atoms with Gasteiger partial charge in [-0.05, 0) is 43.8 Å². The second-order valence-electron chi connectivity index (χ2n) is 4.99. The molecule has 1 atom stereocenters. The summed E-state index contributed by atoms with van der Waals surface area (Å²) in [4.78, 5) is 0.194. The van der Waals surface area contributed by atoms with Gasteiger partial charge in [-0.15, -0.1) is 0 Å². The summed E-state index contributed by atoms with van der Waals surface area (Å²) >= 11 is 0. The molecule has 2 N–H and O–H groups in total. The Kier molecular flexibility index (Phi) is 5.23. The van der Waals surface area contributed by atoms with Crippen molar-refractivity contribution in [2.45, 2.75) is 17.9 Å². The topological polar surface area (TPSA) is 67.4 Å². The third-order valence-corrected chi connectivity index (χ3v) is 4.92. The van der Waals surface area contributed by atoms with Gasteiger partial charge in [0.15, 0.2) is 0 Å². The number of hydrogen-bond acceptors (Lipinski definition) is 4. The van der Waals surface area contributed by atoms with Crippen LogP contribution in [-0.2, 0) is 10.0 Å². The smallest absolute Gasteiger partial charge is 0.240 e. The highest BCUT2D eigenvalue weighted by atomic mass is 32.2. The van der Waals surface area contributed by atoms with E-state index in [2.05, 4.69) is 10.0 Å². The largest absolute Gasteiger partial charge is 0.495 e. The molecule has 124 valence electrons. The Bertz CT molecular complexity index is 776. The van der Waals surface area contributed by atoms with Crippen LogP contribution in [0, 0.1) is 5.82 Å². The molecule has 2 aromatic carbocycles. The van der Waals surface area contributed by atoms with Crippen LogP contribution in [0.1, 0.15) is 18.5 Å². The van der Waals surface area contributed by atoms with Gasteiger partial charge in [0.2, 0.25) is 10.0 Å². The summed E-state index contributed by atoms with van der Waals surface area (Å²) in [5.74, 6) is 0.170. The molecule has 0 aliphatic rings. The molecule has 7 heteroatoms. The molecule has 0 aliphatic carbocycles. The molecule has 0 bridgehead atoms.